The summed E-state index contributed by atoms with van der Waals surface area (Å²) in [5, 5.41) is 14.5. The lowest BCUT2D eigenvalue weighted by Crippen LogP contribution is -2.57. The molecule has 0 unspecified atom stereocenters. The lowest BCUT2D eigenvalue weighted by molar-refractivity contribution is -0.149. The van der Waals surface area contributed by atoms with Gasteiger partial charge in [-0.1, -0.05) is 41.3 Å². The highest BCUT2D eigenvalue weighted by Gasteiger charge is 2.40. The van der Waals surface area contributed by atoms with Gasteiger partial charge < -0.3 is 15.7 Å². The fourth-order valence-corrected chi connectivity index (χ4v) is 3.15. The minimum Gasteiger partial charge on any atom is -0.480 e. The highest BCUT2D eigenvalue weighted by molar-refractivity contribution is 9.10. The molecule has 0 aliphatic heterocycles. The molecule has 2 rings (SSSR count). The maximum absolute atomic E-state index is 12.0. The molecule has 0 radical (unpaired) electrons. The van der Waals surface area contributed by atoms with Gasteiger partial charge in [-0.15, -0.1) is 0 Å². The van der Waals surface area contributed by atoms with Crippen LogP contribution in [-0.2, 0) is 9.59 Å². The van der Waals surface area contributed by atoms with Gasteiger partial charge in [0.15, 0.2) is 0 Å². The predicted octanol–water partition coefficient (Wildman–Crippen LogP) is 2.08. The van der Waals surface area contributed by atoms with E-state index in [0.717, 1.165) is 23.7 Å². The molecule has 0 heterocycles. The number of hydrogen-bond acceptors (Lipinski definition) is 3. The summed E-state index contributed by atoms with van der Waals surface area (Å²) >= 11 is 3.27. The first-order valence-corrected chi connectivity index (χ1v) is 8.30. The van der Waals surface area contributed by atoms with Crippen LogP contribution in [0.1, 0.15) is 42.5 Å². The van der Waals surface area contributed by atoms with E-state index < -0.39 is 17.4 Å². The van der Waals surface area contributed by atoms with Crippen molar-refractivity contribution in [1.29, 1.82) is 0 Å². The molecule has 0 bridgehead atoms. The van der Waals surface area contributed by atoms with Crippen LogP contribution in [0, 0.1) is 0 Å². The molecule has 1 fully saturated rings. The predicted molar refractivity (Wildman–Crippen MR) is 88.1 cm³/mol. The normalized spacial score (nSPS) is 16.4. The fraction of sp³-hybridized carbons (Fsp3) is 0.438. The molecule has 6 nitrogen and oxygen atoms in total. The summed E-state index contributed by atoms with van der Waals surface area (Å²) in [5.41, 5.74) is -0.770. The monoisotopic (exact) mass is 382 g/mol. The minimum absolute atomic E-state index is 0.250. The molecule has 1 aromatic rings. The molecular formula is C16H19BrN2O4. The Bertz CT molecular complexity index is 612. The van der Waals surface area contributed by atoms with Crippen molar-refractivity contribution in [3.63, 3.8) is 0 Å². The van der Waals surface area contributed by atoms with Crippen LogP contribution in [-0.4, -0.2) is 35.0 Å². The number of carbonyl (C=O) groups is 3. The topological polar surface area (TPSA) is 95.5 Å². The van der Waals surface area contributed by atoms with Gasteiger partial charge in [-0.05, 0) is 31.0 Å². The number of aliphatic carboxylic acids is 1. The summed E-state index contributed by atoms with van der Waals surface area (Å²) in [6, 6.07) is 6.80. The molecule has 1 aliphatic rings. The second kappa shape index (κ2) is 7.59. The summed E-state index contributed by atoms with van der Waals surface area (Å²) < 4.78 is 0.765. The van der Waals surface area contributed by atoms with Crippen molar-refractivity contribution < 1.29 is 19.5 Å². The van der Waals surface area contributed by atoms with E-state index in [9.17, 15) is 19.5 Å². The molecule has 0 atom stereocenters. The highest BCUT2D eigenvalue weighted by atomic mass is 79.9. The van der Waals surface area contributed by atoms with Crippen LogP contribution >= 0.6 is 15.9 Å². The zero-order valence-corrected chi connectivity index (χ0v) is 14.2. The van der Waals surface area contributed by atoms with E-state index in [4.69, 9.17) is 0 Å². The van der Waals surface area contributed by atoms with E-state index in [-0.39, 0.29) is 12.5 Å². The SMILES string of the molecule is O=C(CNC(=O)c1cccc(Br)c1)NC1(C(=O)O)CCCCC1. The van der Waals surface area contributed by atoms with Gasteiger partial charge in [0, 0.05) is 10.0 Å². The molecule has 0 saturated heterocycles. The third-order valence-electron chi connectivity index (χ3n) is 3.99. The van der Waals surface area contributed by atoms with Crippen molar-refractivity contribution in [2.45, 2.75) is 37.6 Å². The van der Waals surface area contributed by atoms with Crippen molar-refractivity contribution in [2.75, 3.05) is 6.54 Å². The van der Waals surface area contributed by atoms with Crippen molar-refractivity contribution >= 4 is 33.7 Å². The molecule has 1 saturated carbocycles. The summed E-state index contributed by atoms with van der Waals surface area (Å²) in [7, 11) is 0. The van der Waals surface area contributed by atoms with E-state index in [0.29, 0.717) is 18.4 Å². The first kappa shape index (κ1) is 17.5. The second-order valence-electron chi connectivity index (χ2n) is 5.69. The summed E-state index contributed by atoms with van der Waals surface area (Å²) in [5.74, 6) is -1.88. The number of amides is 2. The summed E-state index contributed by atoms with van der Waals surface area (Å²) in [6.07, 6.45) is 3.37. The van der Waals surface area contributed by atoms with Crippen molar-refractivity contribution in [3.8, 4) is 0 Å². The van der Waals surface area contributed by atoms with E-state index >= 15 is 0 Å². The van der Waals surface area contributed by atoms with Crippen molar-refractivity contribution in [1.82, 2.24) is 10.6 Å². The quantitative estimate of drug-likeness (QED) is 0.726. The van der Waals surface area contributed by atoms with E-state index in [1.807, 2.05) is 0 Å². The summed E-state index contributed by atoms with van der Waals surface area (Å²) in [4.78, 5) is 35.5. The number of halogens is 1. The first-order valence-electron chi connectivity index (χ1n) is 7.51. The standard InChI is InChI=1S/C16H19BrN2O4/c17-12-6-4-5-11(9-12)14(21)18-10-13(20)19-16(15(22)23)7-2-1-3-8-16/h4-6,9H,1-3,7-8,10H2,(H,18,21)(H,19,20)(H,22,23). The molecule has 124 valence electrons. The van der Waals surface area contributed by atoms with Crippen molar-refractivity contribution in [2.24, 2.45) is 0 Å². The third-order valence-corrected chi connectivity index (χ3v) is 4.48. The van der Waals surface area contributed by atoms with Gasteiger partial charge in [-0.25, -0.2) is 4.79 Å². The number of hydrogen-bond donors (Lipinski definition) is 3. The number of carboxylic acids is 1. The molecule has 0 aromatic heterocycles. The zero-order valence-electron chi connectivity index (χ0n) is 12.6. The first-order chi connectivity index (χ1) is 10.9. The third kappa shape index (κ3) is 4.54. The van der Waals surface area contributed by atoms with Gasteiger partial charge in [-0.3, -0.25) is 9.59 Å². The minimum atomic E-state index is -1.20. The van der Waals surface area contributed by atoms with Gasteiger partial charge in [0.2, 0.25) is 5.91 Å². The lowest BCUT2D eigenvalue weighted by Gasteiger charge is -2.33. The largest absolute Gasteiger partial charge is 0.480 e. The van der Waals surface area contributed by atoms with Gasteiger partial charge in [0.1, 0.15) is 5.54 Å². The average Bonchev–Trinajstić information content (AvgIpc) is 2.53. The Morgan fingerprint density at radius 1 is 1.17 bits per heavy atom. The Morgan fingerprint density at radius 3 is 2.48 bits per heavy atom. The van der Waals surface area contributed by atoms with Crippen LogP contribution in [0.2, 0.25) is 0 Å². The number of rotatable bonds is 5. The molecule has 0 spiro atoms. The van der Waals surface area contributed by atoms with Crippen LogP contribution in [0.25, 0.3) is 0 Å². The highest BCUT2D eigenvalue weighted by Crippen LogP contribution is 2.28. The molecular weight excluding hydrogens is 364 g/mol. The summed E-state index contributed by atoms with van der Waals surface area (Å²) in [6.45, 7) is -0.250. The average molecular weight is 383 g/mol. The van der Waals surface area contributed by atoms with Crippen LogP contribution in [0.5, 0.6) is 0 Å². The Hall–Kier alpha value is -1.89. The molecule has 7 heteroatoms. The number of benzene rings is 1. The number of carbonyl (C=O) groups excluding carboxylic acids is 2. The van der Waals surface area contributed by atoms with E-state index in [1.165, 1.54) is 0 Å². The molecule has 3 N–H and O–H groups in total. The zero-order chi connectivity index (χ0) is 16.9. The van der Waals surface area contributed by atoms with E-state index in [2.05, 4.69) is 26.6 Å². The molecule has 1 aliphatic carbocycles. The Kier molecular flexibility index (Phi) is 5.76. The molecule has 1 aromatic carbocycles. The van der Waals surface area contributed by atoms with Crippen LogP contribution in [0.4, 0.5) is 0 Å². The second-order valence-corrected chi connectivity index (χ2v) is 6.60. The van der Waals surface area contributed by atoms with E-state index in [1.54, 1.807) is 24.3 Å². The fourth-order valence-electron chi connectivity index (χ4n) is 2.75. The lowest BCUT2D eigenvalue weighted by atomic mass is 9.81. The Morgan fingerprint density at radius 2 is 1.87 bits per heavy atom. The Labute approximate surface area is 142 Å². The molecule has 2 amide bonds. The van der Waals surface area contributed by atoms with Crippen LogP contribution < -0.4 is 10.6 Å². The number of carboxylic acid groups (broad SMARTS) is 1. The van der Waals surface area contributed by atoms with Gasteiger partial charge in [0.05, 0.1) is 6.54 Å². The maximum atomic E-state index is 12.0. The maximum Gasteiger partial charge on any atom is 0.329 e. The van der Waals surface area contributed by atoms with Gasteiger partial charge in [-0.2, -0.15) is 0 Å². The molecule has 23 heavy (non-hydrogen) atoms. The van der Waals surface area contributed by atoms with Gasteiger partial charge in [0.25, 0.3) is 5.91 Å². The van der Waals surface area contributed by atoms with Crippen LogP contribution in [0.3, 0.4) is 0 Å². The Balaban J connectivity index is 1.91. The number of nitrogens with one attached hydrogen (secondary N) is 2. The van der Waals surface area contributed by atoms with Crippen molar-refractivity contribution in [3.05, 3.63) is 34.3 Å². The smallest absolute Gasteiger partial charge is 0.329 e. The van der Waals surface area contributed by atoms with Crippen LogP contribution in [0.15, 0.2) is 28.7 Å². The van der Waals surface area contributed by atoms with Gasteiger partial charge >= 0.3 is 5.97 Å².